The zero-order chi connectivity index (χ0) is 15.2. The molecule has 0 bridgehead atoms. The lowest BCUT2D eigenvalue weighted by molar-refractivity contribution is 0.0520. The topological polar surface area (TPSA) is 68.3 Å². The molecule has 1 heterocycles. The fourth-order valence-corrected chi connectivity index (χ4v) is 2.38. The van der Waals surface area contributed by atoms with Crippen LogP contribution in [0.3, 0.4) is 0 Å². The minimum absolute atomic E-state index is 0.223. The van der Waals surface area contributed by atoms with E-state index in [-0.39, 0.29) is 18.1 Å². The number of nitrogens with one attached hydrogen (secondary N) is 1. The first-order valence-corrected chi connectivity index (χ1v) is 7.51. The van der Waals surface area contributed by atoms with Crippen molar-refractivity contribution >= 4 is 34.8 Å². The van der Waals surface area contributed by atoms with Crippen molar-refractivity contribution in [2.75, 3.05) is 6.61 Å². The largest absolute Gasteiger partial charge is 0.461 e. The average Bonchev–Trinajstić information content (AvgIpc) is 2.95. The molecule has 0 atom stereocenters. The molecule has 110 valence electrons. The number of amides is 1. The predicted octanol–water partition coefficient (Wildman–Crippen LogP) is 2.90. The zero-order valence-corrected chi connectivity index (χ0v) is 12.8. The number of ether oxygens (including phenoxy) is 1. The van der Waals surface area contributed by atoms with E-state index in [1.165, 1.54) is 11.3 Å². The second-order valence-electron chi connectivity index (χ2n) is 4.04. The monoisotopic (exact) mass is 324 g/mol. The normalized spacial score (nSPS) is 10.2. The number of hydrogen-bond donors (Lipinski definition) is 1. The molecule has 1 amide bonds. The molecule has 0 fully saturated rings. The van der Waals surface area contributed by atoms with Crippen LogP contribution in [0.25, 0.3) is 0 Å². The fraction of sp³-hybridized carbons (Fsp3) is 0.214. The molecule has 0 saturated heterocycles. The van der Waals surface area contributed by atoms with Crippen LogP contribution in [0.15, 0.2) is 29.6 Å². The van der Waals surface area contributed by atoms with Crippen LogP contribution in [0.1, 0.15) is 32.8 Å². The molecule has 5 nitrogen and oxygen atoms in total. The third kappa shape index (κ3) is 4.27. The maximum Gasteiger partial charge on any atom is 0.357 e. The first kappa shape index (κ1) is 15.5. The molecule has 0 aliphatic heterocycles. The summed E-state index contributed by atoms with van der Waals surface area (Å²) in [5.41, 5.74) is 0.777. The SMILES string of the molecule is CCOC(=O)c1csc(CNC(=O)c2ccc(Cl)cc2)n1. The number of thiazole rings is 1. The Labute approximate surface area is 130 Å². The average molecular weight is 325 g/mol. The van der Waals surface area contributed by atoms with Crippen LogP contribution < -0.4 is 5.32 Å². The number of halogens is 1. The van der Waals surface area contributed by atoms with Crippen LogP contribution in [0.5, 0.6) is 0 Å². The summed E-state index contributed by atoms with van der Waals surface area (Å²) in [4.78, 5) is 27.5. The number of benzene rings is 1. The maximum atomic E-state index is 11.9. The summed E-state index contributed by atoms with van der Waals surface area (Å²) in [7, 11) is 0. The highest BCUT2D eigenvalue weighted by atomic mass is 35.5. The predicted molar refractivity (Wildman–Crippen MR) is 80.7 cm³/mol. The van der Waals surface area contributed by atoms with Gasteiger partial charge < -0.3 is 10.1 Å². The third-order valence-electron chi connectivity index (χ3n) is 2.54. The first-order valence-electron chi connectivity index (χ1n) is 6.25. The summed E-state index contributed by atoms with van der Waals surface area (Å²) in [6.45, 7) is 2.29. The van der Waals surface area contributed by atoms with Crippen LogP contribution in [0.2, 0.25) is 5.02 Å². The molecule has 21 heavy (non-hydrogen) atoms. The number of hydrogen-bond acceptors (Lipinski definition) is 5. The molecule has 0 aliphatic rings. The zero-order valence-electron chi connectivity index (χ0n) is 11.3. The lowest BCUT2D eigenvalue weighted by Gasteiger charge is -2.03. The van der Waals surface area contributed by atoms with Gasteiger partial charge in [0.15, 0.2) is 5.69 Å². The second kappa shape index (κ2) is 7.19. The lowest BCUT2D eigenvalue weighted by atomic mass is 10.2. The highest BCUT2D eigenvalue weighted by Crippen LogP contribution is 2.12. The highest BCUT2D eigenvalue weighted by Gasteiger charge is 2.12. The minimum atomic E-state index is -0.455. The number of carbonyl (C=O) groups is 2. The van der Waals surface area contributed by atoms with Gasteiger partial charge in [-0.3, -0.25) is 4.79 Å². The first-order chi connectivity index (χ1) is 10.1. The van der Waals surface area contributed by atoms with E-state index in [1.54, 1.807) is 36.6 Å². The summed E-state index contributed by atoms with van der Waals surface area (Å²) in [5.74, 6) is -0.677. The van der Waals surface area contributed by atoms with Crippen molar-refractivity contribution in [2.24, 2.45) is 0 Å². The Bertz CT molecular complexity index is 640. The van der Waals surface area contributed by atoms with Gasteiger partial charge in [-0.15, -0.1) is 11.3 Å². The van der Waals surface area contributed by atoms with E-state index in [0.717, 1.165) is 0 Å². The number of nitrogens with zero attached hydrogens (tertiary/aromatic N) is 1. The van der Waals surface area contributed by atoms with Gasteiger partial charge in [-0.1, -0.05) is 11.6 Å². The highest BCUT2D eigenvalue weighted by molar-refractivity contribution is 7.09. The van der Waals surface area contributed by atoms with Crippen LogP contribution in [0.4, 0.5) is 0 Å². The van der Waals surface area contributed by atoms with Crippen LogP contribution in [-0.2, 0) is 11.3 Å². The Kier molecular flexibility index (Phi) is 5.30. The van der Waals surface area contributed by atoms with E-state index in [4.69, 9.17) is 16.3 Å². The second-order valence-corrected chi connectivity index (χ2v) is 5.42. The van der Waals surface area contributed by atoms with Gasteiger partial charge in [0.25, 0.3) is 5.91 Å². The fourth-order valence-electron chi connectivity index (χ4n) is 1.55. The molecule has 0 unspecified atom stereocenters. The van der Waals surface area contributed by atoms with Crippen molar-refractivity contribution in [3.05, 3.63) is 50.9 Å². The van der Waals surface area contributed by atoms with E-state index >= 15 is 0 Å². The van der Waals surface area contributed by atoms with Crippen molar-refractivity contribution in [3.8, 4) is 0 Å². The number of carbonyl (C=O) groups excluding carboxylic acids is 2. The third-order valence-corrected chi connectivity index (χ3v) is 3.64. The van der Waals surface area contributed by atoms with Gasteiger partial charge in [0.2, 0.25) is 0 Å². The molecule has 1 N–H and O–H groups in total. The number of aromatic nitrogens is 1. The van der Waals surface area contributed by atoms with Gasteiger partial charge in [0.05, 0.1) is 13.2 Å². The van der Waals surface area contributed by atoms with Crippen LogP contribution in [-0.4, -0.2) is 23.5 Å². The Morgan fingerprint density at radius 1 is 1.33 bits per heavy atom. The molecule has 0 saturated carbocycles. The molecule has 0 radical (unpaired) electrons. The standard InChI is InChI=1S/C14H13ClN2O3S/c1-2-20-14(19)11-8-21-12(17-11)7-16-13(18)9-3-5-10(15)6-4-9/h3-6,8H,2,7H2,1H3,(H,16,18). The molecule has 2 rings (SSSR count). The number of rotatable bonds is 5. The maximum absolute atomic E-state index is 11.9. The van der Waals surface area contributed by atoms with Crippen molar-refractivity contribution in [3.63, 3.8) is 0 Å². The molecular formula is C14H13ClN2O3S. The molecular weight excluding hydrogens is 312 g/mol. The molecule has 0 aliphatic carbocycles. The smallest absolute Gasteiger partial charge is 0.357 e. The molecule has 0 spiro atoms. The Hall–Kier alpha value is -1.92. The summed E-state index contributed by atoms with van der Waals surface area (Å²) in [6.07, 6.45) is 0. The van der Waals surface area contributed by atoms with E-state index in [1.807, 2.05) is 0 Å². The molecule has 7 heteroatoms. The summed E-state index contributed by atoms with van der Waals surface area (Å²) in [5, 5.41) is 5.56. The van der Waals surface area contributed by atoms with Gasteiger partial charge >= 0.3 is 5.97 Å². The molecule has 1 aromatic heterocycles. The van der Waals surface area contributed by atoms with Crippen molar-refractivity contribution in [2.45, 2.75) is 13.5 Å². The van der Waals surface area contributed by atoms with Gasteiger partial charge in [0.1, 0.15) is 5.01 Å². The van der Waals surface area contributed by atoms with Gasteiger partial charge in [-0.25, -0.2) is 9.78 Å². The Morgan fingerprint density at radius 3 is 2.71 bits per heavy atom. The van der Waals surface area contributed by atoms with Crippen molar-refractivity contribution in [1.82, 2.24) is 10.3 Å². The minimum Gasteiger partial charge on any atom is -0.461 e. The van der Waals surface area contributed by atoms with Gasteiger partial charge in [0, 0.05) is 16.0 Å². The van der Waals surface area contributed by atoms with Crippen molar-refractivity contribution < 1.29 is 14.3 Å². The van der Waals surface area contributed by atoms with Crippen molar-refractivity contribution in [1.29, 1.82) is 0 Å². The van der Waals surface area contributed by atoms with Gasteiger partial charge in [-0.05, 0) is 31.2 Å². The van der Waals surface area contributed by atoms with E-state index < -0.39 is 5.97 Å². The molecule has 2 aromatic rings. The Balaban J connectivity index is 1.92. The lowest BCUT2D eigenvalue weighted by Crippen LogP contribution is -2.22. The Morgan fingerprint density at radius 2 is 2.05 bits per heavy atom. The number of esters is 1. The van der Waals surface area contributed by atoms with Crippen LogP contribution >= 0.6 is 22.9 Å². The summed E-state index contributed by atoms with van der Waals surface area (Å²) in [6, 6.07) is 6.59. The quantitative estimate of drug-likeness (QED) is 0.859. The van der Waals surface area contributed by atoms with Crippen LogP contribution in [0, 0.1) is 0 Å². The van der Waals surface area contributed by atoms with Gasteiger partial charge in [-0.2, -0.15) is 0 Å². The summed E-state index contributed by atoms with van der Waals surface area (Å²) < 4.78 is 4.85. The van der Waals surface area contributed by atoms with E-state index in [0.29, 0.717) is 22.2 Å². The van der Waals surface area contributed by atoms with E-state index in [2.05, 4.69) is 10.3 Å². The summed E-state index contributed by atoms with van der Waals surface area (Å²) >= 11 is 7.06. The van der Waals surface area contributed by atoms with E-state index in [9.17, 15) is 9.59 Å². The molecule has 1 aromatic carbocycles.